The molecule has 0 saturated carbocycles. The summed E-state index contributed by atoms with van der Waals surface area (Å²) >= 11 is 0. The predicted octanol–water partition coefficient (Wildman–Crippen LogP) is 2.55. The second-order valence-corrected chi connectivity index (χ2v) is 2.93. The van der Waals surface area contributed by atoms with Crippen molar-refractivity contribution in [1.29, 1.82) is 0 Å². The van der Waals surface area contributed by atoms with Crippen LogP contribution in [0.1, 0.15) is 13.8 Å². The van der Waals surface area contributed by atoms with Crippen LogP contribution in [0.4, 0.5) is 5.69 Å². The van der Waals surface area contributed by atoms with Crippen LogP contribution in [-0.4, -0.2) is 26.3 Å². The first-order valence-corrected chi connectivity index (χ1v) is 5.34. The molecule has 1 aliphatic rings. The zero-order valence-electron chi connectivity index (χ0n) is 9.07. The highest BCUT2D eigenvalue weighted by atomic mass is 16.5. The third kappa shape index (κ3) is 3.04. The van der Waals surface area contributed by atoms with E-state index in [9.17, 15) is 0 Å². The van der Waals surface area contributed by atoms with Crippen LogP contribution in [0.5, 0.6) is 0 Å². The van der Waals surface area contributed by atoms with Crippen LogP contribution in [0, 0.1) is 0 Å². The van der Waals surface area contributed by atoms with Gasteiger partial charge in [0.1, 0.15) is 0 Å². The molecule has 1 aliphatic heterocycles. The zero-order chi connectivity index (χ0) is 10.2. The lowest BCUT2D eigenvalue weighted by Gasteiger charge is -2.28. The maximum Gasteiger partial charge on any atom is 0.0642 e. The summed E-state index contributed by atoms with van der Waals surface area (Å²) in [7, 11) is 0. The summed E-state index contributed by atoms with van der Waals surface area (Å²) in [5.41, 5.74) is 1.31. The summed E-state index contributed by atoms with van der Waals surface area (Å²) in [6.07, 6.45) is 0. The second kappa shape index (κ2) is 6.44. The van der Waals surface area contributed by atoms with Crippen molar-refractivity contribution >= 4 is 5.69 Å². The van der Waals surface area contributed by atoms with Crippen LogP contribution in [0.3, 0.4) is 0 Å². The van der Waals surface area contributed by atoms with Crippen molar-refractivity contribution in [2.45, 2.75) is 13.8 Å². The van der Waals surface area contributed by atoms with Gasteiger partial charge in [0.25, 0.3) is 0 Å². The summed E-state index contributed by atoms with van der Waals surface area (Å²) in [6.45, 7) is 7.75. The Morgan fingerprint density at radius 3 is 2.14 bits per heavy atom. The van der Waals surface area contributed by atoms with E-state index >= 15 is 0 Å². The van der Waals surface area contributed by atoms with Crippen LogP contribution in [0.2, 0.25) is 0 Å². The minimum Gasteiger partial charge on any atom is -0.378 e. The van der Waals surface area contributed by atoms with Crippen LogP contribution in [0.15, 0.2) is 30.3 Å². The van der Waals surface area contributed by atoms with Gasteiger partial charge in [0, 0.05) is 18.8 Å². The lowest BCUT2D eigenvalue weighted by atomic mass is 10.3. The number of ether oxygens (including phenoxy) is 1. The third-order valence-corrected chi connectivity index (χ3v) is 2.13. The average Bonchev–Trinajstić information content (AvgIpc) is 2.34. The van der Waals surface area contributed by atoms with E-state index in [0.717, 1.165) is 26.3 Å². The molecule has 2 nitrogen and oxygen atoms in total. The van der Waals surface area contributed by atoms with E-state index in [1.165, 1.54) is 5.69 Å². The molecule has 0 amide bonds. The van der Waals surface area contributed by atoms with Gasteiger partial charge in [-0.1, -0.05) is 32.0 Å². The number of morpholine rings is 1. The standard InChI is InChI=1S/C10H13NO.C2H6/c1-2-4-10(5-3-1)11-6-8-12-9-7-11;1-2/h1-5H,6-9H2;1-2H3. The molecule has 1 saturated heterocycles. The van der Waals surface area contributed by atoms with Gasteiger partial charge in [0.2, 0.25) is 0 Å². The van der Waals surface area contributed by atoms with Crippen LogP contribution < -0.4 is 4.90 Å². The molecule has 1 fully saturated rings. The highest BCUT2D eigenvalue weighted by molar-refractivity contribution is 5.46. The predicted molar refractivity (Wildman–Crippen MR) is 60.8 cm³/mol. The van der Waals surface area contributed by atoms with Crippen molar-refractivity contribution in [3.8, 4) is 0 Å². The number of para-hydroxylation sites is 1. The average molecular weight is 193 g/mol. The van der Waals surface area contributed by atoms with Crippen molar-refractivity contribution < 1.29 is 4.74 Å². The van der Waals surface area contributed by atoms with Crippen LogP contribution >= 0.6 is 0 Å². The first-order chi connectivity index (χ1) is 6.97. The van der Waals surface area contributed by atoms with E-state index < -0.39 is 0 Å². The number of nitrogens with zero attached hydrogens (tertiary/aromatic N) is 1. The van der Waals surface area contributed by atoms with E-state index in [2.05, 4.69) is 29.2 Å². The highest BCUT2D eigenvalue weighted by Crippen LogP contribution is 2.13. The Morgan fingerprint density at radius 1 is 1.00 bits per heavy atom. The Kier molecular flexibility index (Phi) is 5.08. The molecule has 0 spiro atoms. The van der Waals surface area contributed by atoms with Crippen molar-refractivity contribution in [2.75, 3.05) is 31.2 Å². The van der Waals surface area contributed by atoms with Gasteiger partial charge in [-0.3, -0.25) is 0 Å². The maximum absolute atomic E-state index is 5.28. The van der Waals surface area contributed by atoms with Gasteiger partial charge in [0.15, 0.2) is 0 Å². The number of rotatable bonds is 1. The van der Waals surface area contributed by atoms with Crippen molar-refractivity contribution in [3.63, 3.8) is 0 Å². The Morgan fingerprint density at radius 2 is 1.57 bits per heavy atom. The van der Waals surface area contributed by atoms with Gasteiger partial charge in [-0.2, -0.15) is 0 Å². The molecular formula is C12H19NO. The molecule has 0 unspecified atom stereocenters. The van der Waals surface area contributed by atoms with E-state index in [1.54, 1.807) is 0 Å². The molecule has 1 aromatic carbocycles. The van der Waals surface area contributed by atoms with Crippen LogP contribution in [0.25, 0.3) is 0 Å². The van der Waals surface area contributed by atoms with Crippen molar-refractivity contribution in [1.82, 2.24) is 0 Å². The molecule has 0 radical (unpaired) electrons. The molecular weight excluding hydrogens is 174 g/mol. The van der Waals surface area contributed by atoms with Gasteiger partial charge in [-0.25, -0.2) is 0 Å². The fraction of sp³-hybridized carbons (Fsp3) is 0.500. The number of anilines is 1. The summed E-state index contributed by atoms with van der Waals surface area (Å²) in [5, 5.41) is 0. The van der Waals surface area contributed by atoms with Crippen molar-refractivity contribution in [3.05, 3.63) is 30.3 Å². The largest absolute Gasteiger partial charge is 0.378 e. The number of hydrogen-bond donors (Lipinski definition) is 0. The Balaban J connectivity index is 0.000000461. The molecule has 0 aromatic heterocycles. The minimum atomic E-state index is 0.856. The molecule has 0 N–H and O–H groups in total. The number of hydrogen-bond acceptors (Lipinski definition) is 2. The lowest BCUT2D eigenvalue weighted by Crippen LogP contribution is -2.36. The Labute approximate surface area is 86.5 Å². The van der Waals surface area contributed by atoms with E-state index in [1.807, 2.05) is 19.9 Å². The number of benzene rings is 1. The minimum absolute atomic E-state index is 0.856. The highest BCUT2D eigenvalue weighted by Gasteiger charge is 2.09. The van der Waals surface area contributed by atoms with E-state index in [4.69, 9.17) is 4.74 Å². The Bertz CT molecular complexity index is 229. The fourth-order valence-corrected chi connectivity index (χ4v) is 1.46. The van der Waals surface area contributed by atoms with Crippen molar-refractivity contribution in [2.24, 2.45) is 0 Å². The fourth-order valence-electron chi connectivity index (χ4n) is 1.46. The van der Waals surface area contributed by atoms with E-state index in [0.29, 0.717) is 0 Å². The lowest BCUT2D eigenvalue weighted by molar-refractivity contribution is 0.122. The molecule has 1 heterocycles. The molecule has 1 aromatic rings. The topological polar surface area (TPSA) is 12.5 Å². The summed E-state index contributed by atoms with van der Waals surface area (Å²) < 4.78 is 5.28. The second-order valence-electron chi connectivity index (χ2n) is 2.93. The summed E-state index contributed by atoms with van der Waals surface area (Å²) in [5.74, 6) is 0. The molecule has 14 heavy (non-hydrogen) atoms. The molecule has 2 heteroatoms. The SMILES string of the molecule is CC.c1ccc(N2CCOCC2)cc1. The molecule has 0 aliphatic carbocycles. The molecule has 78 valence electrons. The maximum atomic E-state index is 5.28. The Hall–Kier alpha value is -1.02. The molecule has 2 rings (SSSR count). The summed E-state index contributed by atoms with van der Waals surface area (Å²) in [4.78, 5) is 2.35. The molecule has 0 atom stereocenters. The normalized spacial score (nSPS) is 15.7. The van der Waals surface area contributed by atoms with Gasteiger partial charge in [-0.15, -0.1) is 0 Å². The summed E-state index contributed by atoms with van der Waals surface area (Å²) in [6, 6.07) is 10.5. The van der Waals surface area contributed by atoms with Crippen LogP contribution in [-0.2, 0) is 4.74 Å². The van der Waals surface area contributed by atoms with Gasteiger partial charge in [-0.05, 0) is 12.1 Å². The van der Waals surface area contributed by atoms with Gasteiger partial charge >= 0.3 is 0 Å². The first kappa shape index (κ1) is 11.1. The molecule has 0 bridgehead atoms. The quantitative estimate of drug-likeness (QED) is 0.679. The third-order valence-electron chi connectivity index (χ3n) is 2.13. The zero-order valence-corrected chi connectivity index (χ0v) is 9.07. The first-order valence-electron chi connectivity index (χ1n) is 5.34. The van der Waals surface area contributed by atoms with Gasteiger partial charge in [0.05, 0.1) is 13.2 Å². The monoisotopic (exact) mass is 193 g/mol. The van der Waals surface area contributed by atoms with Gasteiger partial charge < -0.3 is 9.64 Å². The smallest absolute Gasteiger partial charge is 0.0642 e. The van der Waals surface area contributed by atoms with E-state index in [-0.39, 0.29) is 0 Å².